The number of Topliss-reactive ketones (excluding diaryl/α,β-unsaturated/α-hetero) is 3. The van der Waals surface area contributed by atoms with Crippen LogP contribution in [0.1, 0.15) is 48.1 Å². The summed E-state index contributed by atoms with van der Waals surface area (Å²) in [7, 11) is 1.53. The van der Waals surface area contributed by atoms with Crippen LogP contribution in [0.2, 0.25) is 0 Å². The number of rotatable bonds is 5. The van der Waals surface area contributed by atoms with Gasteiger partial charge in [0.15, 0.2) is 17.3 Å². The van der Waals surface area contributed by atoms with Crippen molar-refractivity contribution in [1.29, 1.82) is 0 Å². The first-order chi connectivity index (χ1) is 20.4. The highest BCUT2D eigenvalue weighted by atomic mass is 16.6. The minimum Gasteiger partial charge on any atom is -0.497 e. The van der Waals surface area contributed by atoms with E-state index in [0.717, 1.165) is 5.56 Å². The van der Waals surface area contributed by atoms with Crippen LogP contribution < -0.4 is 9.64 Å². The number of nitro groups is 1. The average molecular weight is 557 g/mol. The van der Waals surface area contributed by atoms with Crippen molar-refractivity contribution in [2.24, 2.45) is 5.41 Å². The molecule has 7 rings (SSSR count). The van der Waals surface area contributed by atoms with Gasteiger partial charge in [-0.15, -0.1) is 0 Å². The lowest BCUT2D eigenvalue weighted by atomic mass is 9.64. The summed E-state index contributed by atoms with van der Waals surface area (Å²) in [5.41, 5.74) is 1.02. The van der Waals surface area contributed by atoms with Crippen molar-refractivity contribution >= 4 is 34.8 Å². The number of para-hydroxylation sites is 1. The highest BCUT2D eigenvalue weighted by Crippen LogP contribution is 2.61. The Balaban J connectivity index is 1.54. The zero-order valence-corrected chi connectivity index (χ0v) is 22.5. The molecule has 0 N–H and O–H groups in total. The van der Waals surface area contributed by atoms with E-state index in [0.29, 0.717) is 28.1 Å². The molecule has 4 aromatic carbocycles. The number of hydrogen-bond donors (Lipinski definition) is 0. The fraction of sp³-hybridized carbons (Fsp3) is 0.147. The van der Waals surface area contributed by atoms with Gasteiger partial charge in [-0.2, -0.15) is 0 Å². The number of ketones is 3. The van der Waals surface area contributed by atoms with Crippen LogP contribution in [0.5, 0.6) is 5.75 Å². The normalized spacial score (nSPS) is 21.2. The van der Waals surface area contributed by atoms with Crippen molar-refractivity contribution < 1.29 is 24.0 Å². The fourth-order valence-electron chi connectivity index (χ4n) is 7.07. The molecule has 1 aliphatic carbocycles. The van der Waals surface area contributed by atoms with Gasteiger partial charge >= 0.3 is 0 Å². The number of fused-ring (bicyclic) bond motifs is 5. The third kappa shape index (κ3) is 3.38. The third-order valence-corrected chi connectivity index (χ3v) is 8.78. The summed E-state index contributed by atoms with van der Waals surface area (Å²) in [5.74, 6) is -1.53. The third-order valence-electron chi connectivity index (χ3n) is 8.78. The topological polar surface area (TPSA) is 107 Å². The zero-order chi connectivity index (χ0) is 29.2. The molecule has 0 aromatic heterocycles. The van der Waals surface area contributed by atoms with Gasteiger partial charge in [0.25, 0.3) is 5.69 Å². The van der Waals surface area contributed by atoms with Gasteiger partial charge in [0.2, 0.25) is 0 Å². The molecule has 206 valence electrons. The Bertz CT molecular complexity index is 1830. The molecule has 42 heavy (non-hydrogen) atoms. The van der Waals surface area contributed by atoms with Gasteiger partial charge in [0.1, 0.15) is 17.2 Å². The SMILES string of the molecule is COc1cccc([C@@H]2[C@@H](C(=O)c3cccc([N+](=O)[O-])c3)N3c4ccccc4C=CC3C23C(=O)c2ccccc2C3=O)c1. The lowest BCUT2D eigenvalue weighted by Crippen LogP contribution is -2.48. The molecule has 4 aromatic rings. The highest BCUT2D eigenvalue weighted by molar-refractivity contribution is 6.32. The van der Waals surface area contributed by atoms with Gasteiger partial charge in [0.05, 0.1) is 18.1 Å². The number of nitro benzene ring substituents is 1. The van der Waals surface area contributed by atoms with Crippen LogP contribution in [0, 0.1) is 15.5 Å². The fourth-order valence-corrected chi connectivity index (χ4v) is 7.07. The molecular weight excluding hydrogens is 532 g/mol. The van der Waals surface area contributed by atoms with Crippen LogP contribution in [0.3, 0.4) is 0 Å². The van der Waals surface area contributed by atoms with E-state index < -0.39 is 34.1 Å². The monoisotopic (exact) mass is 556 g/mol. The van der Waals surface area contributed by atoms with Gasteiger partial charge < -0.3 is 9.64 Å². The minimum atomic E-state index is -1.67. The van der Waals surface area contributed by atoms with E-state index in [1.165, 1.54) is 31.4 Å². The van der Waals surface area contributed by atoms with Crippen molar-refractivity contribution in [1.82, 2.24) is 0 Å². The van der Waals surface area contributed by atoms with Gasteiger partial charge in [-0.1, -0.05) is 78.9 Å². The summed E-state index contributed by atoms with van der Waals surface area (Å²) in [6.45, 7) is 0. The van der Waals surface area contributed by atoms with Crippen molar-refractivity contribution in [2.45, 2.75) is 18.0 Å². The lowest BCUT2D eigenvalue weighted by molar-refractivity contribution is -0.384. The number of benzene rings is 4. The van der Waals surface area contributed by atoms with Gasteiger partial charge in [-0.05, 0) is 29.3 Å². The molecule has 1 fully saturated rings. The summed E-state index contributed by atoms with van der Waals surface area (Å²) in [6.07, 6.45) is 3.74. The number of ether oxygens (including phenoxy) is 1. The van der Waals surface area contributed by atoms with E-state index >= 15 is 0 Å². The smallest absolute Gasteiger partial charge is 0.270 e. The summed E-state index contributed by atoms with van der Waals surface area (Å²) in [5, 5.41) is 11.6. The molecule has 0 bridgehead atoms. The second-order valence-electron chi connectivity index (χ2n) is 10.7. The molecule has 1 spiro atoms. The Labute approximate surface area is 241 Å². The maximum Gasteiger partial charge on any atom is 0.270 e. The van der Waals surface area contributed by atoms with Crippen LogP contribution in [0.4, 0.5) is 11.4 Å². The Morgan fingerprint density at radius 3 is 2.29 bits per heavy atom. The number of carbonyl (C=O) groups excluding carboxylic acids is 3. The molecule has 3 aliphatic rings. The van der Waals surface area contributed by atoms with E-state index in [9.17, 15) is 24.5 Å². The minimum absolute atomic E-state index is 0.125. The Morgan fingerprint density at radius 1 is 0.881 bits per heavy atom. The van der Waals surface area contributed by atoms with Gasteiger partial charge in [0, 0.05) is 40.4 Å². The predicted octanol–water partition coefficient (Wildman–Crippen LogP) is 5.92. The summed E-state index contributed by atoms with van der Waals surface area (Å²) in [4.78, 5) is 57.0. The van der Waals surface area contributed by atoms with Crippen LogP contribution in [0.15, 0.2) is 103 Å². The van der Waals surface area contributed by atoms with Crippen molar-refractivity contribution in [3.05, 3.63) is 141 Å². The molecular formula is C34H24N2O6. The summed E-state index contributed by atoms with van der Waals surface area (Å²) >= 11 is 0. The van der Waals surface area contributed by atoms with Crippen molar-refractivity contribution in [2.75, 3.05) is 12.0 Å². The van der Waals surface area contributed by atoms with Crippen LogP contribution in [-0.2, 0) is 0 Å². The molecule has 0 radical (unpaired) electrons. The second-order valence-corrected chi connectivity index (χ2v) is 10.7. The van der Waals surface area contributed by atoms with Gasteiger partial charge in [-0.3, -0.25) is 24.5 Å². The quantitative estimate of drug-likeness (QED) is 0.130. The van der Waals surface area contributed by atoms with Crippen LogP contribution >= 0.6 is 0 Å². The first-order valence-corrected chi connectivity index (χ1v) is 13.5. The number of non-ortho nitro benzene ring substituents is 1. The van der Waals surface area contributed by atoms with Gasteiger partial charge in [-0.25, -0.2) is 0 Å². The van der Waals surface area contributed by atoms with Crippen LogP contribution in [0.25, 0.3) is 6.08 Å². The standard InChI is InChI=1S/C34H24N2O6/c1-42-24-12-7-9-21(19-24)29-30(31(37)22-10-6-11-23(18-22)36(40)41)35-27-15-5-2-8-20(27)16-17-28(35)34(29)32(38)25-13-3-4-14-26(25)33(34)39/h2-19,28-30H,1H3/t28?,29-,30+/m1/s1. The molecule has 1 saturated heterocycles. The molecule has 0 amide bonds. The maximum absolute atomic E-state index is 14.7. The Kier molecular flexibility index (Phi) is 5.69. The van der Waals surface area contributed by atoms with E-state index in [-0.39, 0.29) is 22.8 Å². The second kappa shape index (κ2) is 9.34. The lowest BCUT2D eigenvalue weighted by Gasteiger charge is -2.37. The molecule has 2 aliphatic heterocycles. The predicted molar refractivity (Wildman–Crippen MR) is 156 cm³/mol. The molecule has 1 unspecified atom stereocenters. The largest absolute Gasteiger partial charge is 0.497 e. The van der Waals surface area contributed by atoms with E-state index in [2.05, 4.69) is 0 Å². The Hall–Kier alpha value is -5.37. The molecule has 3 atom stereocenters. The van der Waals surface area contributed by atoms with E-state index in [1.54, 1.807) is 48.5 Å². The number of hydrogen-bond acceptors (Lipinski definition) is 7. The number of carbonyl (C=O) groups is 3. The zero-order valence-electron chi connectivity index (χ0n) is 22.5. The average Bonchev–Trinajstić information content (AvgIpc) is 3.47. The van der Waals surface area contributed by atoms with Crippen molar-refractivity contribution in [3.63, 3.8) is 0 Å². The molecule has 0 saturated carbocycles. The van der Waals surface area contributed by atoms with Crippen LogP contribution in [-0.4, -0.2) is 41.5 Å². The maximum atomic E-state index is 14.7. The highest BCUT2D eigenvalue weighted by Gasteiger charge is 2.71. The first kappa shape index (κ1) is 25.6. The Morgan fingerprint density at radius 2 is 1.57 bits per heavy atom. The molecule has 2 heterocycles. The molecule has 8 nitrogen and oxygen atoms in total. The van der Waals surface area contributed by atoms with E-state index in [4.69, 9.17) is 4.74 Å². The summed E-state index contributed by atoms with van der Waals surface area (Å²) in [6, 6.07) is 25.2. The number of methoxy groups -OCH3 is 1. The van der Waals surface area contributed by atoms with Crippen molar-refractivity contribution in [3.8, 4) is 5.75 Å². The van der Waals surface area contributed by atoms with E-state index in [1.807, 2.05) is 41.3 Å². The first-order valence-electron chi connectivity index (χ1n) is 13.5. The molecule has 8 heteroatoms. The summed E-state index contributed by atoms with van der Waals surface area (Å²) < 4.78 is 5.52. The number of nitrogens with zero attached hydrogens (tertiary/aromatic N) is 2. The number of anilines is 1.